The summed E-state index contributed by atoms with van der Waals surface area (Å²) in [6, 6.07) is 4.64. The average Bonchev–Trinajstić information content (AvgIpc) is 2.31. The number of benzene rings is 1. The van der Waals surface area contributed by atoms with Crippen LogP contribution >= 0.6 is 0 Å². The molecule has 3 rings (SSSR count). The predicted octanol–water partition coefficient (Wildman–Crippen LogP) is 2.21. The van der Waals surface area contributed by atoms with Crippen LogP contribution in [0.5, 0.6) is 0 Å². The van der Waals surface area contributed by atoms with Crippen LogP contribution in [0.3, 0.4) is 0 Å². The highest BCUT2D eigenvalue weighted by Crippen LogP contribution is 2.31. The van der Waals surface area contributed by atoms with Gasteiger partial charge in [0, 0.05) is 19.2 Å². The number of hydrogen-bond acceptors (Lipinski definition) is 2. The summed E-state index contributed by atoms with van der Waals surface area (Å²) < 4.78 is 37.4. The molecule has 0 bridgehead atoms. The van der Waals surface area contributed by atoms with Crippen LogP contribution in [0, 0.1) is 0 Å². The Morgan fingerprint density at radius 2 is 1.89 bits per heavy atom. The van der Waals surface area contributed by atoms with Gasteiger partial charge in [-0.1, -0.05) is 12.1 Å². The second-order valence-corrected chi connectivity index (χ2v) is 4.60. The highest BCUT2D eigenvalue weighted by Gasteiger charge is 2.37. The fourth-order valence-electron chi connectivity index (χ4n) is 2.25. The lowest BCUT2D eigenvalue weighted by Crippen LogP contribution is -2.59. The van der Waals surface area contributed by atoms with Crippen molar-refractivity contribution in [3.8, 4) is 0 Å². The van der Waals surface area contributed by atoms with Crippen molar-refractivity contribution in [2.24, 2.45) is 0 Å². The molecule has 2 heterocycles. The van der Waals surface area contributed by atoms with Crippen LogP contribution < -0.4 is 5.32 Å². The smallest absolute Gasteiger partial charge is 0.370 e. The maximum Gasteiger partial charge on any atom is 0.416 e. The van der Waals surface area contributed by atoms with Crippen molar-refractivity contribution in [2.75, 3.05) is 6.54 Å². The van der Waals surface area contributed by atoms with Gasteiger partial charge in [-0.25, -0.2) is 0 Å². The summed E-state index contributed by atoms with van der Waals surface area (Å²) in [4.78, 5) is 13.7. The first-order valence-corrected chi connectivity index (χ1v) is 5.91. The van der Waals surface area contributed by atoms with Crippen LogP contribution in [0.1, 0.15) is 17.5 Å². The summed E-state index contributed by atoms with van der Waals surface area (Å²) in [5.74, 6) is -0.130. The fraction of sp³-hybridized carbons (Fsp3) is 0.308. The van der Waals surface area contributed by atoms with Gasteiger partial charge >= 0.3 is 6.18 Å². The fourth-order valence-corrected chi connectivity index (χ4v) is 2.25. The number of amides is 1. The van der Waals surface area contributed by atoms with Gasteiger partial charge in [-0.05, 0) is 17.7 Å². The molecular formula is C13H11F3N2O. The van der Waals surface area contributed by atoms with Gasteiger partial charge < -0.3 is 10.2 Å². The van der Waals surface area contributed by atoms with E-state index in [-0.39, 0.29) is 12.1 Å². The Balaban J connectivity index is 1.88. The van der Waals surface area contributed by atoms with Crippen molar-refractivity contribution < 1.29 is 18.0 Å². The quantitative estimate of drug-likeness (QED) is 0.847. The minimum absolute atomic E-state index is 0.0469. The Bertz CT molecular complexity index is 548. The summed E-state index contributed by atoms with van der Waals surface area (Å²) in [7, 11) is 0. The molecule has 1 fully saturated rings. The summed E-state index contributed by atoms with van der Waals surface area (Å²) in [5.41, 5.74) is 0.190. The first kappa shape index (κ1) is 12.1. The highest BCUT2D eigenvalue weighted by molar-refractivity contribution is 6.20. The predicted molar refractivity (Wildman–Crippen MR) is 62.7 cm³/mol. The van der Waals surface area contributed by atoms with Crippen LogP contribution in [0.4, 0.5) is 13.2 Å². The number of fused-ring (bicyclic) bond motifs is 1. The number of hydrogen-bond donors (Lipinski definition) is 1. The number of rotatable bonds is 1. The van der Waals surface area contributed by atoms with Crippen molar-refractivity contribution >= 4 is 11.5 Å². The van der Waals surface area contributed by atoms with E-state index in [4.69, 9.17) is 0 Å². The van der Waals surface area contributed by atoms with Gasteiger partial charge in [0.1, 0.15) is 6.17 Å². The Labute approximate surface area is 107 Å². The lowest BCUT2D eigenvalue weighted by molar-refractivity contribution is -0.137. The molecule has 1 saturated heterocycles. The maximum atomic E-state index is 12.5. The number of nitrogens with one attached hydrogen (secondary N) is 1. The Kier molecular flexibility index (Phi) is 2.55. The minimum Gasteiger partial charge on any atom is -0.370 e. The molecule has 100 valence electrons. The van der Waals surface area contributed by atoms with Crippen molar-refractivity contribution in [3.05, 3.63) is 41.6 Å². The van der Waals surface area contributed by atoms with Gasteiger partial charge in [-0.3, -0.25) is 4.79 Å². The van der Waals surface area contributed by atoms with E-state index in [0.29, 0.717) is 17.7 Å². The van der Waals surface area contributed by atoms with E-state index < -0.39 is 11.7 Å². The summed E-state index contributed by atoms with van der Waals surface area (Å²) in [6.45, 7) is 0.689. The van der Waals surface area contributed by atoms with Crippen LogP contribution in [0.25, 0.3) is 5.57 Å². The van der Waals surface area contributed by atoms with Crippen LogP contribution in [-0.4, -0.2) is 23.5 Å². The Morgan fingerprint density at radius 3 is 2.42 bits per heavy atom. The van der Waals surface area contributed by atoms with Gasteiger partial charge in [0.05, 0.1) is 11.1 Å². The number of carbonyl (C=O) groups is 1. The summed E-state index contributed by atoms with van der Waals surface area (Å²) >= 11 is 0. The highest BCUT2D eigenvalue weighted by atomic mass is 19.4. The zero-order chi connectivity index (χ0) is 13.6. The van der Waals surface area contributed by atoms with E-state index in [9.17, 15) is 18.0 Å². The van der Waals surface area contributed by atoms with E-state index in [2.05, 4.69) is 5.32 Å². The topological polar surface area (TPSA) is 32.3 Å². The third-order valence-electron chi connectivity index (χ3n) is 3.45. The van der Waals surface area contributed by atoms with E-state index in [1.807, 2.05) is 0 Å². The molecule has 1 N–H and O–H groups in total. The summed E-state index contributed by atoms with van der Waals surface area (Å²) in [5, 5.41) is 3.06. The first-order valence-electron chi connectivity index (χ1n) is 5.91. The molecule has 0 saturated carbocycles. The van der Waals surface area contributed by atoms with Gasteiger partial charge in [0.15, 0.2) is 0 Å². The average molecular weight is 268 g/mol. The van der Waals surface area contributed by atoms with E-state index >= 15 is 0 Å². The maximum absolute atomic E-state index is 12.5. The second-order valence-electron chi connectivity index (χ2n) is 4.60. The lowest BCUT2D eigenvalue weighted by Gasteiger charge is -2.44. The minimum atomic E-state index is -4.36. The molecule has 19 heavy (non-hydrogen) atoms. The largest absolute Gasteiger partial charge is 0.416 e. The van der Waals surface area contributed by atoms with E-state index in [1.54, 1.807) is 11.1 Å². The molecule has 2 aliphatic heterocycles. The van der Waals surface area contributed by atoms with E-state index in [0.717, 1.165) is 18.6 Å². The molecule has 0 radical (unpaired) electrons. The Morgan fingerprint density at radius 1 is 1.21 bits per heavy atom. The summed E-state index contributed by atoms with van der Waals surface area (Å²) in [6.07, 6.45) is -1.82. The van der Waals surface area contributed by atoms with E-state index in [1.165, 1.54) is 12.1 Å². The van der Waals surface area contributed by atoms with Crippen molar-refractivity contribution in [1.82, 2.24) is 10.2 Å². The zero-order valence-electron chi connectivity index (χ0n) is 9.87. The third-order valence-corrected chi connectivity index (χ3v) is 3.45. The normalized spacial score (nSPS) is 22.3. The molecule has 0 aliphatic carbocycles. The molecule has 1 amide bonds. The third kappa shape index (κ3) is 1.97. The molecule has 1 aromatic carbocycles. The lowest BCUT2D eigenvalue weighted by atomic mass is 9.98. The monoisotopic (exact) mass is 268 g/mol. The van der Waals surface area contributed by atoms with Crippen molar-refractivity contribution in [2.45, 2.75) is 18.8 Å². The molecule has 0 spiro atoms. The Hall–Kier alpha value is -1.98. The molecule has 6 heteroatoms. The molecule has 3 nitrogen and oxygen atoms in total. The number of carbonyl (C=O) groups excluding carboxylic acids is 1. The number of nitrogens with zero attached hydrogens (tertiary/aromatic N) is 1. The van der Waals surface area contributed by atoms with Gasteiger partial charge in [-0.15, -0.1) is 0 Å². The first-order chi connectivity index (χ1) is 8.97. The molecule has 0 aromatic heterocycles. The second kappa shape index (κ2) is 4.01. The molecule has 1 unspecified atom stereocenters. The van der Waals surface area contributed by atoms with Gasteiger partial charge in [0.25, 0.3) is 5.91 Å². The molecule has 1 atom stereocenters. The SMILES string of the molecule is O=C1C(c2ccc(C(F)(F)F)cc2)=CNC2CCN12. The number of alkyl halides is 3. The zero-order valence-corrected chi connectivity index (χ0v) is 9.87. The van der Waals surface area contributed by atoms with Crippen molar-refractivity contribution in [1.29, 1.82) is 0 Å². The van der Waals surface area contributed by atoms with Crippen LogP contribution in [-0.2, 0) is 11.0 Å². The van der Waals surface area contributed by atoms with Crippen LogP contribution in [0.2, 0.25) is 0 Å². The van der Waals surface area contributed by atoms with Gasteiger partial charge in [-0.2, -0.15) is 13.2 Å². The molecular weight excluding hydrogens is 257 g/mol. The molecule has 2 aliphatic rings. The molecule has 1 aromatic rings. The number of halogens is 3. The van der Waals surface area contributed by atoms with Crippen molar-refractivity contribution in [3.63, 3.8) is 0 Å². The standard InChI is InChI=1S/C13H11F3N2O/c14-13(15,16)9-3-1-8(2-4-9)10-7-17-11-5-6-18(11)12(10)19/h1-4,7,11,17H,5-6H2. The van der Waals surface area contributed by atoms with Gasteiger partial charge in [0.2, 0.25) is 0 Å². The van der Waals surface area contributed by atoms with Crippen LogP contribution in [0.15, 0.2) is 30.5 Å².